The molecule has 0 amide bonds. The van der Waals surface area contributed by atoms with Crippen LogP contribution in [-0.2, 0) is 5.11 Å². The van der Waals surface area contributed by atoms with Gasteiger partial charge in [0.15, 0.2) is 11.9 Å². The number of benzene rings is 2. The Labute approximate surface area is 140 Å². The lowest BCUT2D eigenvalue weighted by Gasteiger charge is -2.13. The highest BCUT2D eigenvalue weighted by atomic mass is 16.5. The maximum absolute atomic E-state index is 12.6. The van der Waals surface area contributed by atoms with Crippen LogP contribution >= 0.6 is 0 Å². The van der Waals surface area contributed by atoms with E-state index in [1.165, 1.54) is 52.7 Å². The molecule has 0 saturated heterocycles. The Morgan fingerprint density at radius 1 is 0.708 bits per heavy atom. The van der Waals surface area contributed by atoms with Gasteiger partial charge < -0.3 is 18.9 Å². The maximum atomic E-state index is 12.6. The number of Topliss-reactive ketones (excluding diaryl/α,β-unsaturated/α-hetero) is 1. The summed E-state index contributed by atoms with van der Waals surface area (Å²) in [6, 6.07) is 9.33. The molecule has 0 aliphatic carbocycles. The van der Waals surface area contributed by atoms with Crippen LogP contribution in [0.4, 0.5) is 0 Å². The van der Waals surface area contributed by atoms with Gasteiger partial charge in [-0.05, 0) is 29.8 Å². The Kier molecular flexibility index (Phi) is 5.65. The summed E-state index contributed by atoms with van der Waals surface area (Å²) in [7, 11) is 5.91. The van der Waals surface area contributed by atoms with Crippen LogP contribution in [-0.4, -0.2) is 34.2 Å². The van der Waals surface area contributed by atoms with Crippen molar-refractivity contribution in [2.75, 3.05) is 28.4 Å². The van der Waals surface area contributed by atoms with Crippen LogP contribution in [0.1, 0.15) is 22.0 Å². The van der Waals surface area contributed by atoms with Crippen molar-refractivity contribution in [3.05, 3.63) is 47.5 Å². The van der Waals surface area contributed by atoms with E-state index in [9.17, 15) is 9.90 Å². The fraction of sp³-hybridized carbons (Fsp3) is 0.278. The average molecular weight is 331 g/mol. The van der Waals surface area contributed by atoms with Gasteiger partial charge in [-0.25, -0.2) is 5.11 Å². The molecule has 0 aliphatic rings. The second-order valence-electron chi connectivity index (χ2n) is 4.99. The zero-order valence-corrected chi connectivity index (χ0v) is 14.0. The van der Waals surface area contributed by atoms with Crippen LogP contribution < -0.4 is 18.9 Å². The largest absolute Gasteiger partial charge is 0.497 e. The summed E-state index contributed by atoms with van der Waals surface area (Å²) >= 11 is 0. The van der Waals surface area contributed by atoms with Crippen molar-refractivity contribution in [3.63, 3.8) is 0 Å². The van der Waals surface area contributed by atoms with E-state index in [0.717, 1.165) is 0 Å². The van der Waals surface area contributed by atoms with Gasteiger partial charge in [0.05, 0.1) is 28.4 Å². The van der Waals surface area contributed by atoms with Gasteiger partial charge in [-0.3, -0.25) is 4.79 Å². The number of rotatable bonds is 7. The molecule has 0 fully saturated rings. The van der Waals surface area contributed by atoms with Crippen LogP contribution in [0, 0.1) is 0 Å². The zero-order valence-electron chi connectivity index (χ0n) is 14.0. The van der Waals surface area contributed by atoms with E-state index in [-0.39, 0.29) is 11.1 Å². The molecule has 1 atom stereocenters. The molecular formula is C18H19O6. The zero-order chi connectivity index (χ0) is 17.7. The van der Waals surface area contributed by atoms with Crippen LogP contribution in [0.3, 0.4) is 0 Å². The van der Waals surface area contributed by atoms with Crippen molar-refractivity contribution >= 4 is 5.78 Å². The summed E-state index contributed by atoms with van der Waals surface area (Å²) in [5.41, 5.74) is 0.478. The van der Waals surface area contributed by atoms with Gasteiger partial charge in [-0.15, -0.1) is 0 Å². The van der Waals surface area contributed by atoms with Gasteiger partial charge in [0, 0.05) is 17.7 Å². The summed E-state index contributed by atoms with van der Waals surface area (Å²) < 4.78 is 20.5. The van der Waals surface area contributed by atoms with Crippen molar-refractivity contribution in [2.24, 2.45) is 0 Å². The third-order valence-electron chi connectivity index (χ3n) is 3.55. The molecule has 1 radical (unpaired) electrons. The Balaban J connectivity index is 2.39. The molecule has 127 valence electrons. The molecule has 0 aromatic heterocycles. The highest BCUT2D eigenvalue weighted by molar-refractivity contribution is 6.00. The van der Waals surface area contributed by atoms with Gasteiger partial charge in [-0.1, -0.05) is 0 Å². The molecule has 0 heterocycles. The highest BCUT2D eigenvalue weighted by Crippen LogP contribution is 2.30. The van der Waals surface area contributed by atoms with Crippen LogP contribution in [0.15, 0.2) is 36.4 Å². The quantitative estimate of drug-likeness (QED) is 0.729. The third kappa shape index (κ3) is 3.78. The highest BCUT2D eigenvalue weighted by Gasteiger charge is 2.24. The van der Waals surface area contributed by atoms with E-state index in [2.05, 4.69) is 0 Å². The molecule has 0 saturated carbocycles. The SMILES string of the molecule is COc1cc(OC)cc(C(=O)C([O])c2cc(OC)cc(OC)c2)c1. The minimum absolute atomic E-state index is 0.216. The van der Waals surface area contributed by atoms with Gasteiger partial charge >= 0.3 is 0 Å². The molecule has 0 N–H and O–H groups in total. The standard InChI is InChI=1S/C18H19O6/c1-21-13-5-11(6-14(9-13)22-2)17(19)18(20)12-7-15(23-3)10-16(8-12)24-4/h5-10,17H,1-4H3. The second-order valence-corrected chi connectivity index (χ2v) is 4.99. The molecule has 1 unspecified atom stereocenters. The van der Waals surface area contributed by atoms with Crippen LogP contribution in [0.25, 0.3) is 0 Å². The molecule has 2 rings (SSSR count). The lowest BCUT2D eigenvalue weighted by molar-refractivity contribution is 0.0542. The molecule has 2 aromatic rings. The minimum atomic E-state index is -1.62. The summed E-state index contributed by atoms with van der Waals surface area (Å²) in [5.74, 6) is 1.17. The summed E-state index contributed by atoms with van der Waals surface area (Å²) in [5, 5.41) is 12.6. The first-order valence-electron chi connectivity index (χ1n) is 7.18. The van der Waals surface area contributed by atoms with Crippen molar-refractivity contribution in [3.8, 4) is 23.0 Å². The number of hydrogen-bond donors (Lipinski definition) is 0. The van der Waals surface area contributed by atoms with Crippen molar-refractivity contribution < 1.29 is 28.8 Å². The second kappa shape index (κ2) is 7.70. The number of ether oxygens (including phenoxy) is 4. The number of carbonyl (C=O) groups excluding carboxylic acids is 1. The number of ketones is 1. The molecule has 6 heteroatoms. The monoisotopic (exact) mass is 331 g/mol. The number of carbonyl (C=O) groups is 1. The molecule has 0 bridgehead atoms. The number of hydrogen-bond acceptors (Lipinski definition) is 5. The van der Waals surface area contributed by atoms with Crippen LogP contribution in [0.5, 0.6) is 23.0 Å². The third-order valence-corrected chi connectivity index (χ3v) is 3.55. The average Bonchev–Trinajstić information content (AvgIpc) is 2.65. The Bertz CT molecular complexity index is 681. The van der Waals surface area contributed by atoms with Gasteiger partial charge in [-0.2, -0.15) is 0 Å². The summed E-state index contributed by atoms with van der Waals surface area (Å²) in [4.78, 5) is 12.6. The lowest BCUT2D eigenvalue weighted by Crippen LogP contribution is -2.12. The van der Waals surface area contributed by atoms with Crippen molar-refractivity contribution in [2.45, 2.75) is 6.10 Å². The van der Waals surface area contributed by atoms with E-state index in [0.29, 0.717) is 23.0 Å². The van der Waals surface area contributed by atoms with Gasteiger partial charge in [0.25, 0.3) is 0 Å². The first-order chi connectivity index (χ1) is 11.5. The molecule has 0 aliphatic heterocycles. The fourth-order valence-corrected chi connectivity index (χ4v) is 2.23. The number of methoxy groups -OCH3 is 4. The molecular weight excluding hydrogens is 312 g/mol. The van der Waals surface area contributed by atoms with Crippen molar-refractivity contribution in [1.29, 1.82) is 0 Å². The fourth-order valence-electron chi connectivity index (χ4n) is 2.23. The Hall–Kier alpha value is -2.73. The van der Waals surface area contributed by atoms with Gasteiger partial charge in [0.1, 0.15) is 23.0 Å². The van der Waals surface area contributed by atoms with E-state index in [1.807, 2.05) is 0 Å². The van der Waals surface area contributed by atoms with Crippen molar-refractivity contribution in [1.82, 2.24) is 0 Å². The Morgan fingerprint density at radius 3 is 1.46 bits per heavy atom. The van der Waals surface area contributed by atoms with E-state index in [1.54, 1.807) is 12.1 Å². The summed E-state index contributed by atoms with van der Waals surface area (Å²) in [6.07, 6.45) is -1.62. The predicted molar refractivity (Wildman–Crippen MR) is 86.9 cm³/mol. The first kappa shape index (κ1) is 17.6. The topological polar surface area (TPSA) is 73.9 Å². The Morgan fingerprint density at radius 2 is 1.08 bits per heavy atom. The van der Waals surface area contributed by atoms with E-state index < -0.39 is 11.9 Å². The minimum Gasteiger partial charge on any atom is -0.497 e. The molecule has 0 spiro atoms. The van der Waals surface area contributed by atoms with E-state index >= 15 is 0 Å². The molecule has 6 nitrogen and oxygen atoms in total. The molecule has 2 aromatic carbocycles. The first-order valence-corrected chi connectivity index (χ1v) is 7.18. The smallest absolute Gasteiger partial charge is 0.199 e. The maximum Gasteiger partial charge on any atom is 0.199 e. The molecule has 24 heavy (non-hydrogen) atoms. The lowest BCUT2D eigenvalue weighted by atomic mass is 9.99. The predicted octanol–water partition coefficient (Wildman–Crippen LogP) is 3.08. The normalized spacial score (nSPS) is 11.5. The van der Waals surface area contributed by atoms with Gasteiger partial charge in [0.2, 0.25) is 0 Å². The van der Waals surface area contributed by atoms with E-state index in [4.69, 9.17) is 18.9 Å². The summed E-state index contributed by atoms with van der Waals surface area (Å²) in [6.45, 7) is 0. The van der Waals surface area contributed by atoms with Crippen LogP contribution in [0.2, 0.25) is 0 Å².